The number of hydrogen-bond donors (Lipinski definition) is 2. The Bertz CT molecular complexity index is 1300. The second kappa shape index (κ2) is 9.36. The number of carbonyl (C=O) groups excluding carboxylic acids is 1. The number of likely N-dealkylation sites (tertiary alicyclic amines) is 1. The highest BCUT2D eigenvalue weighted by Gasteiger charge is 2.25. The van der Waals surface area contributed by atoms with E-state index in [0.717, 1.165) is 26.1 Å². The van der Waals surface area contributed by atoms with Crippen molar-refractivity contribution in [3.8, 4) is 11.5 Å². The first kappa shape index (κ1) is 22.2. The molecule has 5 rings (SSSR count). The van der Waals surface area contributed by atoms with Crippen LogP contribution in [0.25, 0.3) is 0 Å². The van der Waals surface area contributed by atoms with Crippen LogP contribution in [0.5, 0.6) is 11.5 Å². The zero-order valence-corrected chi connectivity index (χ0v) is 19.3. The van der Waals surface area contributed by atoms with Crippen LogP contribution in [-0.4, -0.2) is 45.1 Å². The summed E-state index contributed by atoms with van der Waals surface area (Å²) in [6.45, 7) is 2.60. The molecule has 0 spiro atoms. The van der Waals surface area contributed by atoms with Crippen LogP contribution in [0.15, 0.2) is 77.7 Å². The number of rotatable bonds is 7. The van der Waals surface area contributed by atoms with E-state index in [1.807, 2.05) is 18.2 Å². The number of hydrogen-bond acceptors (Lipinski definition) is 6. The lowest BCUT2D eigenvalue weighted by molar-refractivity contribution is 0.0937. The topological polar surface area (TPSA) is 97.0 Å². The summed E-state index contributed by atoms with van der Waals surface area (Å²) >= 11 is 0. The van der Waals surface area contributed by atoms with Crippen molar-refractivity contribution >= 4 is 21.6 Å². The third-order valence-corrected chi connectivity index (χ3v) is 7.27. The largest absolute Gasteiger partial charge is 0.454 e. The maximum atomic E-state index is 12.9. The molecule has 2 heterocycles. The molecule has 34 heavy (non-hydrogen) atoms. The zero-order valence-electron chi connectivity index (χ0n) is 18.4. The van der Waals surface area contributed by atoms with Crippen LogP contribution in [0, 0.1) is 0 Å². The summed E-state index contributed by atoms with van der Waals surface area (Å²) < 4.78 is 38.9. The predicted octanol–water partition coefficient (Wildman–Crippen LogP) is 3.22. The Morgan fingerprint density at radius 1 is 0.971 bits per heavy atom. The maximum absolute atomic E-state index is 12.9. The van der Waals surface area contributed by atoms with Crippen LogP contribution in [0.4, 0.5) is 5.69 Å². The summed E-state index contributed by atoms with van der Waals surface area (Å²) in [7, 11) is -3.89. The van der Waals surface area contributed by atoms with Gasteiger partial charge in [0.2, 0.25) is 6.79 Å². The Hall–Kier alpha value is -3.56. The minimum Gasteiger partial charge on any atom is -0.454 e. The summed E-state index contributed by atoms with van der Waals surface area (Å²) in [6, 6.07) is 21.1. The van der Waals surface area contributed by atoms with Gasteiger partial charge < -0.3 is 14.8 Å². The van der Waals surface area contributed by atoms with Gasteiger partial charge in [-0.1, -0.05) is 36.4 Å². The van der Waals surface area contributed by atoms with Crippen molar-refractivity contribution in [2.45, 2.75) is 23.9 Å². The minimum atomic E-state index is -3.89. The van der Waals surface area contributed by atoms with Crippen LogP contribution >= 0.6 is 0 Å². The van der Waals surface area contributed by atoms with Gasteiger partial charge in [-0.15, -0.1) is 0 Å². The molecule has 1 amide bonds. The van der Waals surface area contributed by atoms with Crippen LogP contribution in [0.2, 0.25) is 0 Å². The SMILES string of the molecule is O=C(N[C@H]1CCN(Cc2ccccc2)C1)c1cccc(S(=O)(=O)Nc2ccc3c(c2)OCO3)c1. The van der Waals surface area contributed by atoms with Gasteiger partial charge in [-0.25, -0.2) is 8.42 Å². The van der Waals surface area contributed by atoms with Gasteiger partial charge >= 0.3 is 0 Å². The van der Waals surface area contributed by atoms with Crippen molar-refractivity contribution in [1.29, 1.82) is 0 Å². The molecule has 1 atom stereocenters. The van der Waals surface area contributed by atoms with E-state index in [-0.39, 0.29) is 23.6 Å². The smallest absolute Gasteiger partial charge is 0.261 e. The Morgan fingerprint density at radius 2 is 1.79 bits per heavy atom. The van der Waals surface area contributed by atoms with Gasteiger partial charge in [-0.3, -0.25) is 14.4 Å². The average molecular weight is 480 g/mol. The van der Waals surface area contributed by atoms with Gasteiger partial charge in [0, 0.05) is 37.3 Å². The lowest BCUT2D eigenvalue weighted by atomic mass is 10.2. The number of anilines is 1. The molecule has 2 aliphatic rings. The standard InChI is InChI=1S/C25H25N3O5S/c29-25(26-21-11-12-28(16-21)15-18-5-2-1-3-6-18)19-7-4-8-22(13-19)34(30,31)27-20-9-10-23-24(14-20)33-17-32-23/h1-10,13-14,21,27H,11-12,15-17H2,(H,26,29)/t21-/m0/s1. The van der Waals surface area contributed by atoms with Gasteiger partial charge in [-0.05, 0) is 42.3 Å². The Labute approximate surface area is 198 Å². The van der Waals surface area contributed by atoms with Crippen molar-refractivity contribution < 1.29 is 22.7 Å². The Morgan fingerprint density at radius 3 is 2.65 bits per heavy atom. The number of amides is 1. The molecule has 2 aliphatic heterocycles. The van der Waals surface area contributed by atoms with Crippen LogP contribution in [0.1, 0.15) is 22.3 Å². The molecule has 1 fully saturated rings. The fourth-order valence-electron chi connectivity index (χ4n) is 4.18. The van der Waals surface area contributed by atoms with Crippen molar-refractivity contribution in [1.82, 2.24) is 10.2 Å². The van der Waals surface area contributed by atoms with E-state index in [1.165, 1.54) is 17.7 Å². The first-order chi connectivity index (χ1) is 16.5. The van der Waals surface area contributed by atoms with Crippen molar-refractivity contribution in [3.63, 3.8) is 0 Å². The number of carbonyl (C=O) groups is 1. The van der Waals surface area contributed by atoms with E-state index in [9.17, 15) is 13.2 Å². The van der Waals surface area contributed by atoms with Gasteiger partial charge in [0.1, 0.15) is 0 Å². The van der Waals surface area contributed by atoms with Gasteiger partial charge in [-0.2, -0.15) is 0 Å². The highest BCUT2D eigenvalue weighted by molar-refractivity contribution is 7.92. The van der Waals surface area contributed by atoms with Crippen molar-refractivity contribution in [3.05, 3.63) is 83.9 Å². The van der Waals surface area contributed by atoms with Crippen LogP contribution < -0.4 is 19.5 Å². The maximum Gasteiger partial charge on any atom is 0.261 e. The summed E-state index contributed by atoms with van der Waals surface area (Å²) in [4.78, 5) is 15.2. The van der Waals surface area contributed by atoms with E-state index in [2.05, 4.69) is 27.1 Å². The minimum absolute atomic E-state index is 0.00921. The van der Waals surface area contributed by atoms with Crippen LogP contribution in [0.3, 0.4) is 0 Å². The second-order valence-electron chi connectivity index (χ2n) is 8.38. The summed E-state index contributed by atoms with van der Waals surface area (Å²) in [5.74, 6) is 0.758. The van der Waals surface area contributed by atoms with E-state index in [0.29, 0.717) is 22.7 Å². The molecule has 0 aromatic heterocycles. The molecule has 3 aromatic carbocycles. The molecule has 2 N–H and O–H groups in total. The van der Waals surface area contributed by atoms with E-state index < -0.39 is 10.0 Å². The predicted molar refractivity (Wildman–Crippen MR) is 127 cm³/mol. The molecule has 0 radical (unpaired) electrons. The third kappa shape index (κ3) is 5.00. The number of sulfonamides is 1. The zero-order chi connectivity index (χ0) is 23.5. The molecular formula is C25H25N3O5S. The molecule has 0 bridgehead atoms. The highest BCUT2D eigenvalue weighted by atomic mass is 32.2. The molecule has 1 saturated heterocycles. The highest BCUT2D eigenvalue weighted by Crippen LogP contribution is 2.34. The summed E-state index contributed by atoms with van der Waals surface area (Å²) in [5.41, 5.74) is 1.89. The van der Waals surface area contributed by atoms with Crippen molar-refractivity contribution in [2.75, 3.05) is 24.6 Å². The number of ether oxygens (including phenoxy) is 2. The van der Waals surface area contributed by atoms with E-state index in [4.69, 9.17) is 9.47 Å². The monoisotopic (exact) mass is 479 g/mol. The first-order valence-corrected chi connectivity index (χ1v) is 12.5. The molecule has 0 unspecified atom stereocenters. The molecule has 0 saturated carbocycles. The number of benzene rings is 3. The number of nitrogens with one attached hydrogen (secondary N) is 2. The molecule has 176 valence electrons. The van der Waals surface area contributed by atoms with Gasteiger partial charge in [0.05, 0.1) is 10.6 Å². The number of fused-ring (bicyclic) bond motifs is 1. The second-order valence-corrected chi connectivity index (χ2v) is 10.1. The fourth-order valence-corrected chi connectivity index (χ4v) is 5.28. The van der Waals surface area contributed by atoms with Gasteiger partial charge in [0.15, 0.2) is 11.5 Å². The molecule has 9 heteroatoms. The first-order valence-electron chi connectivity index (χ1n) is 11.1. The number of nitrogens with zero attached hydrogens (tertiary/aromatic N) is 1. The van der Waals surface area contributed by atoms with Crippen LogP contribution in [-0.2, 0) is 16.6 Å². The lowest BCUT2D eigenvalue weighted by Crippen LogP contribution is -2.37. The Balaban J connectivity index is 1.22. The van der Waals surface area contributed by atoms with E-state index >= 15 is 0 Å². The summed E-state index contributed by atoms with van der Waals surface area (Å²) in [5, 5.41) is 3.04. The van der Waals surface area contributed by atoms with E-state index in [1.54, 1.807) is 30.3 Å². The summed E-state index contributed by atoms with van der Waals surface area (Å²) in [6.07, 6.45) is 0.849. The lowest BCUT2D eigenvalue weighted by Gasteiger charge is -2.17. The fraction of sp³-hybridized carbons (Fsp3) is 0.240. The molecule has 3 aromatic rings. The quantitative estimate of drug-likeness (QED) is 0.540. The molecule has 8 nitrogen and oxygen atoms in total. The average Bonchev–Trinajstić information content (AvgIpc) is 3.48. The van der Waals surface area contributed by atoms with Gasteiger partial charge in [0.25, 0.3) is 15.9 Å². The Kier molecular flexibility index (Phi) is 6.12. The third-order valence-electron chi connectivity index (χ3n) is 5.89. The normalized spacial score (nSPS) is 17.5. The molecule has 0 aliphatic carbocycles. The van der Waals surface area contributed by atoms with Crippen molar-refractivity contribution in [2.24, 2.45) is 0 Å². The molecular weight excluding hydrogens is 454 g/mol.